The molecule has 0 spiro atoms. The normalized spacial score (nSPS) is 21.6. The number of hydrogen-bond acceptors (Lipinski definition) is 11. The van der Waals surface area contributed by atoms with E-state index in [-0.39, 0.29) is 34.6 Å². The lowest BCUT2D eigenvalue weighted by molar-refractivity contribution is -0.142. The fraction of sp³-hybridized carbons (Fsp3) is 0.400. The number of aliphatic carboxylic acids is 1. The summed E-state index contributed by atoms with van der Waals surface area (Å²) in [5, 5.41) is 19.5. The Morgan fingerprint density at radius 3 is 3.04 bits per heavy atom. The Balaban J connectivity index is 1.63. The summed E-state index contributed by atoms with van der Waals surface area (Å²) in [6.45, 7) is 1.29. The molecule has 11 nitrogen and oxygen atoms in total. The summed E-state index contributed by atoms with van der Waals surface area (Å²) in [5.74, 6) is -1.63. The number of thioether (sulfide) groups is 1. The van der Waals surface area contributed by atoms with E-state index in [9.17, 15) is 14.4 Å². The number of oxime groups is 1. The molecule has 1 aromatic heterocycles. The van der Waals surface area contributed by atoms with Crippen LogP contribution < -0.4 is 16.4 Å². The van der Waals surface area contributed by atoms with Crippen molar-refractivity contribution in [3.8, 4) is 0 Å². The first-order chi connectivity index (χ1) is 13.3. The number of anilines is 1. The van der Waals surface area contributed by atoms with Gasteiger partial charge in [-0.1, -0.05) is 5.16 Å². The molecule has 0 fully saturated rings. The molecule has 2 aliphatic heterocycles. The first kappa shape index (κ1) is 19.9. The highest BCUT2D eigenvalue weighted by molar-refractivity contribution is 8.00. The second-order valence-electron chi connectivity index (χ2n) is 5.78. The van der Waals surface area contributed by atoms with Crippen molar-refractivity contribution in [2.24, 2.45) is 5.16 Å². The maximum Gasteiger partial charge on any atom is 0.355 e. The molecule has 0 saturated heterocycles. The number of carbonyl (C=O) groups excluding carboxylic acids is 2. The number of amides is 1. The van der Waals surface area contributed by atoms with Crippen LogP contribution in [0, 0.1) is 0 Å². The smallest absolute Gasteiger partial charge is 0.355 e. The third-order valence-corrected chi connectivity index (χ3v) is 5.66. The van der Waals surface area contributed by atoms with Gasteiger partial charge in [0.2, 0.25) is 6.61 Å². The minimum Gasteiger partial charge on any atom is -0.479 e. The zero-order valence-corrected chi connectivity index (χ0v) is 16.3. The van der Waals surface area contributed by atoms with Crippen LogP contribution in [0.1, 0.15) is 12.6 Å². The van der Waals surface area contributed by atoms with Crippen LogP contribution in [0.25, 0.3) is 0 Å². The van der Waals surface area contributed by atoms with E-state index in [0.29, 0.717) is 11.4 Å². The van der Waals surface area contributed by atoms with Gasteiger partial charge in [-0.2, -0.15) is 0 Å². The molecule has 0 aromatic carbocycles. The molecule has 1 unspecified atom stereocenters. The van der Waals surface area contributed by atoms with Crippen LogP contribution in [0.15, 0.2) is 21.8 Å². The molecule has 0 bridgehead atoms. The summed E-state index contributed by atoms with van der Waals surface area (Å²) in [6, 6.07) is 0. The van der Waals surface area contributed by atoms with Gasteiger partial charge in [0.1, 0.15) is 17.5 Å². The van der Waals surface area contributed by atoms with Gasteiger partial charge in [-0.3, -0.25) is 4.79 Å². The number of nitrogens with zero attached hydrogens (tertiary/aromatic N) is 2. The minimum atomic E-state index is -1.23. The average Bonchev–Trinajstić information content (AvgIpc) is 3.19. The number of nitrogen functional groups attached to an aromatic ring is 1. The summed E-state index contributed by atoms with van der Waals surface area (Å²) >= 11 is 2.63. The lowest BCUT2D eigenvalue weighted by Crippen LogP contribution is -2.44. The van der Waals surface area contributed by atoms with Crippen molar-refractivity contribution in [3.05, 3.63) is 22.3 Å². The molecule has 3 rings (SSSR count). The van der Waals surface area contributed by atoms with E-state index in [1.807, 2.05) is 6.92 Å². The number of cyclic esters (lactones) is 1. The van der Waals surface area contributed by atoms with Gasteiger partial charge in [0.05, 0.1) is 5.37 Å². The van der Waals surface area contributed by atoms with Crippen molar-refractivity contribution in [2.75, 3.05) is 24.6 Å². The lowest BCUT2D eigenvalue weighted by Gasteiger charge is -2.24. The molecule has 1 amide bonds. The van der Waals surface area contributed by atoms with Gasteiger partial charge < -0.3 is 31.0 Å². The van der Waals surface area contributed by atoms with Gasteiger partial charge in [0, 0.05) is 23.3 Å². The van der Waals surface area contributed by atoms with Gasteiger partial charge in [0.25, 0.3) is 5.91 Å². The maximum atomic E-state index is 12.5. The Labute approximate surface area is 167 Å². The number of esters is 1. The fourth-order valence-electron chi connectivity index (χ4n) is 2.49. The van der Waals surface area contributed by atoms with E-state index < -0.39 is 24.5 Å². The predicted molar refractivity (Wildman–Crippen MR) is 102 cm³/mol. The summed E-state index contributed by atoms with van der Waals surface area (Å²) in [5.41, 5.74) is 6.91. The summed E-state index contributed by atoms with van der Waals surface area (Å²) in [7, 11) is 0. The first-order valence-corrected chi connectivity index (χ1v) is 10.0. The van der Waals surface area contributed by atoms with Crippen LogP contribution in [-0.4, -0.2) is 64.0 Å². The van der Waals surface area contributed by atoms with Crippen LogP contribution in [0.5, 0.6) is 0 Å². The third-order valence-electron chi connectivity index (χ3n) is 3.82. The number of carbonyl (C=O) groups is 3. The average molecular weight is 427 g/mol. The quantitative estimate of drug-likeness (QED) is 0.253. The number of carboxylic acid groups (broad SMARTS) is 1. The van der Waals surface area contributed by atoms with Crippen LogP contribution >= 0.6 is 23.1 Å². The Morgan fingerprint density at radius 1 is 1.57 bits per heavy atom. The highest BCUT2D eigenvalue weighted by Crippen LogP contribution is 2.30. The molecule has 28 heavy (non-hydrogen) atoms. The molecule has 13 heteroatoms. The van der Waals surface area contributed by atoms with Crippen molar-refractivity contribution in [2.45, 2.75) is 18.4 Å². The highest BCUT2D eigenvalue weighted by atomic mass is 32.2. The summed E-state index contributed by atoms with van der Waals surface area (Å²) < 4.78 is 5.17. The molecule has 0 saturated carbocycles. The maximum absolute atomic E-state index is 12.5. The van der Waals surface area contributed by atoms with Crippen molar-refractivity contribution < 1.29 is 29.1 Å². The van der Waals surface area contributed by atoms with Crippen LogP contribution in [-0.2, 0) is 24.0 Å². The van der Waals surface area contributed by atoms with E-state index in [0.717, 1.165) is 16.9 Å². The van der Waals surface area contributed by atoms with Gasteiger partial charge >= 0.3 is 11.9 Å². The monoisotopic (exact) mass is 427 g/mol. The molecular formula is C15H17N5O6S2. The summed E-state index contributed by atoms with van der Waals surface area (Å²) in [4.78, 5) is 43.6. The van der Waals surface area contributed by atoms with Crippen molar-refractivity contribution in [3.63, 3.8) is 0 Å². The lowest BCUT2D eigenvalue weighted by atomic mass is 10.1. The molecule has 2 aliphatic rings. The molecular weight excluding hydrogens is 410 g/mol. The molecule has 2 atom stereocenters. The largest absolute Gasteiger partial charge is 0.479 e. The molecule has 1 aromatic rings. The van der Waals surface area contributed by atoms with Gasteiger partial charge in [-0.05, 0) is 6.92 Å². The van der Waals surface area contributed by atoms with Gasteiger partial charge in [0.15, 0.2) is 10.8 Å². The number of ether oxygens (including phenoxy) is 1. The van der Waals surface area contributed by atoms with Gasteiger partial charge in [-0.25, -0.2) is 14.6 Å². The molecule has 3 heterocycles. The summed E-state index contributed by atoms with van der Waals surface area (Å²) in [6.07, 6.45) is -0.252. The van der Waals surface area contributed by atoms with E-state index in [4.69, 9.17) is 15.6 Å². The Kier molecular flexibility index (Phi) is 6.04. The number of nitrogens with two attached hydrogens (primary N) is 1. The number of aromatic nitrogens is 1. The van der Waals surface area contributed by atoms with E-state index in [1.54, 1.807) is 0 Å². The number of nitrogens with one attached hydrogen (secondary N) is 2. The number of rotatable bonds is 7. The predicted octanol–water partition coefficient (Wildman–Crippen LogP) is -0.491. The number of carboxylic acids is 1. The zero-order valence-electron chi connectivity index (χ0n) is 14.6. The highest BCUT2D eigenvalue weighted by Gasteiger charge is 2.36. The number of thiazole rings is 1. The first-order valence-electron chi connectivity index (χ1n) is 8.08. The van der Waals surface area contributed by atoms with Crippen molar-refractivity contribution in [1.29, 1.82) is 0 Å². The zero-order chi connectivity index (χ0) is 20.3. The molecule has 0 aliphatic carbocycles. The van der Waals surface area contributed by atoms with Crippen LogP contribution in [0.3, 0.4) is 0 Å². The van der Waals surface area contributed by atoms with E-state index in [1.165, 1.54) is 17.1 Å². The SMILES string of the molecule is CC1OC(=O)C2=C1CS[C@H](CNC(=O)C(=NOCC(=O)O)c1csc(N)n1)N2. The molecule has 5 N–H and O–H groups in total. The van der Waals surface area contributed by atoms with Crippen molar-refractivity contribution in [1.82, 2.24) is 15.6 Å². The Hall–Kier alpha value is -2.80. The topological polar surface area (TPSA) is 165 Å². The molecule has 0 radical (unpaired) electrons. The second-order valence-corrected chi connectivity index (χ2v) is 7.86. The van der Waals surface area contributed by atoms with E-state index in [2.05, 4.69) is 25.6 Å². The van der Waals surface area contributed by atoms with E-state index >= 15 is 0 Å². The standard InChI is InChI=1S/C15H17N5O6S2/c1-6-7-4-27-9(19-11(7)14(24)26-6)2-17-13(23)12(20-25-3-10(21)22)8-5-28-15(16)18-8/h5-6,9,19H,2-4H2,1H3,(H2,16,18)(H,17,23)(H,21,22)/t6?,9-/m1/s1. The minimum absolute atomic E-state index is 0.174. The van der Waals surface area contributed by atoms with Crippen LogP contribution in [0.4, 0.5) is 5.13 Å². The number of hydrogen-bond donors (Lipinski definition) is 4. The Morgan fingerprint density at radius 2 is 2.36 bits per heavy atom. The fourth-order valence-corrected chi connectivity index (χ4v) is 4.20. The van der Waals surface area contributed by atoms with Crippen LogP contribution in [0.2, 0.25) is 0 Å². The molecule has 150 valence electrons. The third kappa shape index (κ3) is 4.54. The Bertz CT molecular complexity index is 867. The second kappa shape index (κ2) is 8.48. The van der Waals surface area contributed by atoms with Crippen molar-refractivity contribution >= 4 is 51.8 Å². The van der Waals surface area contributed by atoms with Gasteiger partial charge in [-0.15, -0.1) is 23.1 Å².